The Bertz CT molecular complexity index is 229. The van der Waals surface area contributed by atoms with Crippen molar-refractivity contribution < 1.29 is 0 Å². The van der Waals surface area contributed by atoms with Gasteiger partial charge in [0.1, 0.15) is 0 Å². The van der Waals surface area contributed by atoms with E-state index in [2.05, 4.69) is 42.1 Å². The molecule has 0 bridgehead atoms. The minimum absolute atomic E-state index is 0.163. The maximum atomic E-state index is 2.31. The number of rotatable bonds is 1. The van der Waals surface area contributed by atoms with Crippen LogP contribution < -0.4 is 5.19 Å². The maximum Gasteiger partial charge on any atom is 0.0959 e. The van der Waals surface area contributed by atoms with Gasteiger partial charge in [-0.1, -0.05) is 41.6 Å². The van der Waals surface area contributed by atoms with E-state index in [9.17, 15) is 0 Å². The first-order valence-corrected chi connectivity index (χ1v) is 7.51. The van der Waals surface area contributed by atoms with Gasteiger partial charge >= 0.3 is 0 Å². The van der Waals surface area contributed by atoms with Gasteiger partial charge in [0.25, 0.3) is 0 Å². The fourth-order valence-corrected chi connectivity index (χ4v) is 6.52. The van der Waals surface area contributed by atoms with Gasteiger partial charge < -0.3 is 0 Å². The summed E-state index contributed by atoms with van der Waals surface area (Å²) in [4.78, 5) is 0. The van der Waals surface area contributed by atoms with Gasteiger partial charge in [-0.15, -0.1) is 0 Å². The second-order valence-corrected chi connectivity index (χ2v) is 7.38. The fraction of sp³-hybridized carbons (Fsp3) is 0.400. The molecule has 1 aliphatic rings. The Kier molecular flexibility index (Phi) is 2.90. The van der Waals surface area contributed by atoms with Crippen molar-refractivity contribution in [2.24, 2.45) is 0 Å². The molecule has 12 heavy (non-hydrogen) atoms. The molecule has 0 amide bonds. The van der Waals surface area contributed by atoms with Gasteiger partial charge in [-0.3, -0.25) is 0 Å². The second-order valence-electron chi connectivity index (χ2n) is 3.13. The largest absolute Gasteiger partial charge is 0.165 e. The second kappa shape index (κ2) is 4.15. The first-order valence-electron chi connectivity index (χ1n) is 4.45. The molecule has 0 spiro atoms. The standard InChI is InChI=1S/C10H13SSi/c1-2-5-10(6-3-1)12-8-4-7-11-9-12/h1-3,5-6H,4,7-9H2. The number of benzene rings is 1. The third kappa shape index (κ3) is 1.93. The highest BCUT2D eigenvalue weighted by molar-refractivity contribution is 8.00. The Labute approximate surface area is 80.0 Å². The van der Waals surface area contributed by atoms with Crippen molar-refractivity contribution >= 4 is 25.7 Å². The molecule has 63 valence electrons. The lowest BCUT2D eigenvalue weighted by atomic mass is 10.4. The van der Waals surface area contributed by atoms with Gasteiger partial charge in [0.15, 0.2) is 0 Å². The van der Waals surface area contributed by atoms with Crippen LogP contribution in [0.4, 0.5) is 0 Å². The summed E-state index contributed by atoms with van der Waals surface area (Å²) < 4.78 is 0. The maximum absolute atomic E-state index is 2.31. The Hall–Kier alpha value is -0.213. The summed E-state index contributed by atoms with van der Waals surface area (Å²) in [5, 5.41) is 3.06. The molecule has 0 unspecified atom stereocenters. The van der Waals surface area contributed by atoms with E-state index in [-0.39, 0.29) is 8.80 Å². The summed E-state index contributed by atoms with van der Waals surface area (Å²) in [7, 11) is -0.163. The average molecular weight is 193 g/mol. The molecule has 1 fully saturated rings. The molecule has 0 aromatic heterocycles. The van der Waals surface area contributed by atoms with E-state index < -0.39 is 0 Å². The SMILES string of the molecule is c1ccc([Si]2CCCSC2)cc1. The van der Waals surface area contributed by atoms with Crippen LogP contribution in [0.1, 0.15) is 6.42 Å². The molecule has 1 saturated heterocycles. The molecular weight excluding hydrogens is 180 g/mol. The summed E-state index contributed by atoms with van der Waals surface area (Å²) in [5.74, 6) is 1.39. The van der Waals surface area contributed by atoms with Crippen LogP contribution in [0, 0.1) is 0 Å². The number of hydrogen-bond acceptors (Lipinski definition) is 1. The lowest BCUT2D eigenvalue weighted by molar-refractivity contribution is 1.07. The highest BCUT2D eigenvalue weighted by Gasteiger charge is 2.16. The van der Waals surface area contributed by atoms with Crippen LogP contribution >= 0.6 is 11.8 Å². The van der Waals surface area contributed by atoms with Crippen LogP contribution in [-0.2, 0) is 0 Å². The van der Waals surface area contributed by atoms with Crippen molar-refractivity contribution in [3.8, 4) is 0 Å². The van der Waals surface area contributed by atoms with Crippen molar-refractivity contribution in [3.05, 3.63) is 30.3 Å². The molecule has 2 heteroatoms. The first-order chi connectivity index (χ1) is 5.97. The van der Waals surface area contributed by atoms with E-state index >= 15 is 0 Å². The molecule has 1 radical (unpaired) electrons. The lowest BCUT2D eigenvalue weighted by Crippen LogP contribution is -2.35. The molecule has 0 nitrogen and oxygen atoms in total. The summed E-state index contributed by atoms with van der Waals surface area (Å²) in [5.41, 5.74) is 0. The molecule has 0 N–H and O–H groups in total. The van der Waals surface area contributed by atoms with E-state index in [1.807, 2.05) is 0 Å². The Morgan fingerprint density at radius 3 is 2.67 bits per heavy atom. The molecule has 0 aliphatic carbocycles. The predicted octanol–water partition coefficient (Wildman–Crippen LogP) is 2.06. The minimum atomic E-state index is -0.163. The normalized spacial score (nSPS) is 19.3. The molecule has 0 saturated carbocycles. The smallest absolute Gasteiger partial charge is 0.0959 e. The van der Waals surface area contributed by atoms with E-state index in [4.69, 9.17) is 0 Å². The first kappa shape index (κ1) is 8.39. The lowest BCUT2D eigenvalue weighted by Gasteiger charge is -2.19. The topological polar surface area (TPSA) is 0 Å². The third-order valence-corrected chi connectivity index (χ3v) is 7.12. The predicted molar refractivity (Wildman–Crippen MR) is 58.6 cm³/mol. The monoisotopic (exact) mass is 193 g/mol. The third-order valence-electron chi connectivity index (χ3n) is 2.23. The van der Waals surface area contributed by atoms with Crippen LogP contribution in [0.25, 0.3) is 0 Å². The molecule has 0 atom stereocenters. The molecular formula is C10H13SSi. The van der Waals surface area contributed by atoms with Crippen LogP contribution in [0.3, 0.4) is 0 Å². The molecule has 1 heterocycles. The molecule has 1 aliphatic heterocycles. The van der Waals surface area contributed by atoms with Gasteiger partial charge in [0, 0.05) is 0 Å². The van der Waals surface area contributed by atoms with Gasteiger partial charge in [0.05, 0.1) is 8.80 Å². The zero-order valence-corrected chi connectivity index (χ0v) is 8.94. The number of thioether (sulfide) groups is 1. The van der Waals surface area contributed by atoms with Crippen molar-refractivity contribution in [1.82, 2.24) is 0 Å². The Balaban J connectivity index is 2.08. The summed E-state index contributed by atoms with van der Waals surface area (Å²) in [6.45, 7) is 0. The summed E-state index contributed by atoms with van der Waals surface area (Å²) >= 11 is 2.14. The molecule has 1 aromatic rings. The van der Waals surface area contributed by atoms with Gasteiger partial charge in [-0.05, 0) is 17.5 Å². The van der Waals surface area contributed by atoms with Crippen molar-refractivity contribution in [2.75, 3.05) is 11.1 Å². The molecule has 1 aromatic carbocycles. The summed E-state index contributed by atoms with van der Waals surface area (Å²) in [6, 6.07) is 12.6. The highest BCUT2D eigenvalue weighted by atomic mass is 32.2. The van der Waals surface area contributed by atoms with Gasteiger partial charge in [-0.25, -0.2) is 0 Å². The zero-order valence-electron chi connectivity index (χ0n) is 7.12. The number of hydrogen-bond donors (Lipinski definition) is 0. The van der Waals surface area contributed by atoms with Crippen molar-refractivity contribution in [3.63, 3.8) is 0 Å². The van der Waals surface area contributed by atoms with Gasteiger partial charge in [-0.2, -0.15) is 11.8 Å². The van der Waals surface area contributed by atoms with Crippen molar-refractivity contribution in [1.29, 1.82) is 0 Å². The van der Waals surface area contributed by atoms with Gasteiger partial charge in [0.2, 0.25) is 0 Å². The molecule has 2 rings (SSSR count). The Morgan fingerprint density at radius 1 is 1.17 bits per heavy atom. The minimum Gasteiger partial charge on any atom is -0.165 e. The highest BCUT2D eigenvalue weighted by Crippen LogP contribution is 2.16. The fourth-order valence-electron chi connectivity index (χ4n) is 1.56. The summed E-state index contributed by atoms with van der Waals surface area (Å²) in [6.07, 6.45) is 1.44. The zero-order chi connectivity index (χ0) is 8.23. The van der Waals surface area contributed by atoms with E-state index in [1.165, 1.54) is 23.6 Å². The quantitative estimate of drug-likeness (QED) is 0.615. The van der Waals surface area contributed by atoms with E-state index in [0.717, 1.165) is 0 Å². The van der Waals surface area contributed by atoms with Crippen LogP contribution in [0.5, 0.6) is 0 Å². The average Bonchev–Trinajstić information content (AvgIpc) is 2.21. The van der Waals surface area contributed by atoms with E-state index in [0.29, 0.717) is 0 Å². The Morgan fingerprint density at radius 2 is 2.00 bits per heavy atom. The van der Waals surface area contributed by atoms with E-state index in [1.54, 1.807) is 5.19 Å². The van der Waals surface area contributed by atoms with Crippen LogP contribution in [0.2, 0.25) is 6.04 Å². The van der Waals surface area contributed by atoms with Crippen LogP contribution in [-0.4, -0.2) is 19.9 Å². The van der Waals surface area contributed by atoms with Crippen molar-refractivity contribution in [2.45, 2.75) is 12.5 Å². The van der Waals surface area contributed by atoms with Crippen LogP contribution in [0.15, 0.2) is 30.3 Å².